The van der Waals surface area contributed by atoms with Crippen molar-refractivity contribution in [2.24, 2.45) is 5.92 Å². The van der Waals surface area contributed by atoms with Crippen molar-refractivity contribution in [2.45, 2.75) is 39.5 Å². The van der Waals surface area contributed by atoms with E-state index in [9.17, 15) is 4.79 Å². The zero-order valence-corrected chi connectivity index (χ0v) is 10.9. The monoisotopic (exact) mass is 251 g/mol. The molecule has 18 heavy (non-hydrogen) atoms. The zero-order chi connectivity index (χ0) is 13.5. The largest absolute Gasteiger partial charge is 0.480 e. The van der Waals surface area contributed by atoms with E-state index in [4.69, 9.17) is 10.2 Å². The van der Waals surface area contributed by atoms with Crippen molar-refractivity contribution in [1.29, 1.82) is 0 Å². The molecule has 1 rings (SSSR count). The predicted octanol–water partition coefficient (Wildman–Crippen LogP) is 1.77. The van der Waals surface area contributed by atoms with Gasteiger partial charge < -0.3 is 15.5 Å². The van der Waals surface area contributed by atoms with Crippen LogP contribution in [-0.2, 0) is 17.9 Å². The van der Waals surface area contributed by atoms with Crippen molar-refractivity contribution in [1.82, 2.24) is 5.32 Å². The summed E-state index contributed by atoms with van der Waals surface area (Å²) >= 11 is 0. The summed E-state index contributed by atoms with van der Waals surface area (Å²) in [7, 11) is 0. The van der Waals surface area contributed by atoms with Crippen molar-refractivity contribution in [2.75, 3.05) is 0 Å². The molecule has 1 unspecified atom stereocenters. The Bertz CT molecular complexity index is 373. The van der Waals surface area contributed by atoms with Crippen LogP contribution in [0.4, 0.5) is 0 Å². The van der Waals surface area contributed by atoms with Gasteiger partial charge >= 0.3 is 5.97 Å². The summed E-state index contributed by atoms with van der Waals surface area (Å²) in [5.74, 6) is -0.467. The summed E-state index contributed by atoms with van der Waals surface area (Å²) in [6, 6.07) is 6.96. The SMILES string of the molecule is CC(C)CC(NCc1ccc(CO)cc1)C(=O)O. The van der Waals surface area contributed by atoms with E-state index in [2.05, 4.69) is 5.32 Å². The fourth-order valence-corrected chi connectivity index (χ4v) is 1.75. The van der Waals surface area contributed by atoms with Crippen molar-refractivity contribution < 1.29 is 15.0 Å². The third-order valence-electron chi connectivity index (χ3n) is 2.76. The Hall–Kier alpha value is -1.39. The number of aliphatic hydroxyl groups is 1. The molecule has 0 amide bonds. The van der Waals surface area contributed by atoms with E-state index < -0.39 is 12.0 Å². The number of nitrogens with one attached hydrogen (secondary N) is 1. The van der Waals surface area contributed by atoms with E-state index in [1.807, 2.05) is 38.1 Å². The topological polar surface area (TPSA) is 69.6 Å². The van der Waals surface area contributed by atoms with Crippen LogP contribution in [0.25, 0.3) is 0 Å². The molecule has 1 aromatic rings. The lowest BCUT2D eigenvalue weighted by Crippen LogP contribution is -2.37. The summed E-state index contributed by atoms with van der Waals surface area (Å²) in [5.41, 5.74) is 1.87. The van der Waals surface area contributed by atoms with Crippen LogP contribution < -0.4 is 5.32 Å². The van der Waals surface area contributed by atoms with Crippen LogP contribution in [0.1, 0.15) is 31.4 Å². The number of hydrogen-bond acceptors (Lipinski definition) is 3. The van der Waals surface area contributed by atoms with Gasteiger partial charge in [-0.3, -0.25) is 4.79 Å². The maximum Gasteiger partial charge on any atom is 0.320 e. The molecule has 0 saturated heterocycles. The van der Waals surface area contributed by atoms with Gasteiger partial charge in [-0.15, -0.1) is 0 Å². The minimum atomic E-state index is -0.810. The van der Waals surface area contributed by atoms with Crippen molar-refractivity contribution in [3.8, 4) is 0 Å². The zero-order valence-electron chi connectivity index (χ0n) is 10.9. The predicted molar refractivity (Wildman–Crippen MR) is 70.1 cm³/mol. The highest BCUT2D eigenvalue weighted by Gasteiger charge is 2.17. The van der Waals surface area contributed by atoms with Gasteiger partial charge in [-0.2, -0.15) is 0 Å². The lowest BCUT2D eigenvalue weighted by molar-refractivity contribution is -0.140. The van der Waals surface area contributed by atoms with Crippen molar-refractivity contribution in [3.05, 3.63) is 35.4 Å². The van der Waals surface area contributed by atoms with Crippen molar-refractivity contribution in [3.63, 3.8) is 0 Å². The molecule has 0 aliphatic carbocycles. The molecule has 0 heterocycles. The Morgan fingerprint density at radius 1 is 1.22 bits per heavy atom. The minimum Gasteiger partial charge on any atom is -0.480 e. The van der Waals surface area contributed by atoms with E-state index in [0.717, 1.165) is 11.1 Å². The molecule has 0 aromatic heterocycles. The number of carbonyl (C=O) groups is 1. The number of carboxylic acids is 1. The lowest BCUT2D eigenvalue weighted by Gasteiger charge is -2.16. The van der Waals surface area contributed by atoms with Gasteiger partial charge in [0.25, 0.3) is 0 Å². The summed E-state index contributed by atoms with van der Waals surface area (Å²) in [5, 5.41) is 21.1. The molecule has 0 aliphatic heterocycles. The highest BCUT2D eigenvalue weighted by molar-refractivity contribution is 5.73. The summed E-state index contributed by atoms with van der Waals surface area (Å²) in [4.78, 5) is 11.1. The second-order valence-corrected chi connectivity index (χ2v) is 4.88. The molecule has 4 heteroatoms. The Morgan fingerprint density at radius 2 is 1.78 bits per heavy atom. The molecule has 0 radical (unpaired) electrons. The Morgan fingerprint density at radius 3 is 2.22 bits per heavy atom. The van der Waals surface area contributed by atoms with Crippen LogP contribution in [0.5, 0.6) is 0 Å². The average molecular weight is 251 g/mol. The van der Waals surface area contributed by atoms with Crippen LogP contribution in [0.3, 0.4) is 0 Å². The molecule has 3 N–H and O–H groups in total. The number of hydrogen-bond donors (Lipinski definition) is 3. The van der Waals surface area contributed by atoms with E-state index >= 15 is 0 Å². The maximum atomic E-state index is 11.1. The summed E-state index contributed by atoms with van der Waals surface area (Å²) in [6.45, 7) is 4.57. The minimum absolute atomic E-state index is 0.0266. The number of aliphatic hydroxyl groups excluding tert-OH is 1. The van der Waals surface area contributed by atoms with E-state index in [-0.39, 0.29) is 6.61 Å². The van der Waals surface area contributed by atoms with Crippen LogP contribution in [0, 0.1) is 5.92 Å². The highest BCUT2D eigenvalue weighted by atomic mass is 16.4. The molecule has 0 spiro atoms. The Kier molecular flexibility index (Phi) is 5.82. The van der Waals surface area contributed by atoms with Gasteiger partial charge in [0.1, 0.15) is 6.04 Å². The van der Waals surface area contributed by atoms with E-state index in [1.165, 1.54) is 0 Å². The van der Waals surface area contributed by atoms with E-state index in [0.29, 0.717) is 18.9 Å². The smallest absolute Gasteiger partial charge is 0.320 e. The standard InChI is InChI=1S/C14H21NO3/c1-10(2)7-13(14(17)18)15-8-11-3-5-12(9-16)6-4-11/h3-6,10,13,15-16H,7-9H2,1-2H3,(H,17,18). The molecular formula is C14H21NO3. The third-order valence-corrected chi connectivity index (χ3v) is 2.76. The third kappa shape index (κ3) is 4.85. The van der Waals surface area contributed by atoms with Crippen LogP contribution in [0.2, 0.25) is 0 Å². The van der Waals surface area contributed by atoms with Crippen LogP contribution >= 0.6 is 0 Å². The summed E-state index contributed by atoms with van der Waals surface area (Å²) < 4.78 is 0. The number of rotatable bonds is 7. The molecule has 1 atom stereocenters. The molecule has 1 aromatic carbocycles. The second kappa shape index (κ2) is 7.13. The second-order valence-electron chi connectivity index (χ2n) is 4.88. The maximum absolute atomic E-state index is 11.1. The first-order valence-corrected chi connectivity index (χ1v) is 6.17. The number of aliphatic carboxylic acids is 1. The molecular weight excluding hydrogens is 230 g/mol. The van der Waals surface area contributed by atoms with Gasteiger partial charge in [0, 0.05) is 6.54 Å². The first-order valence-electron chi connectivity index (χ1n) is 6.17. The number of benzene rings is 1. The first-order chi connectivity index (χ1) is 8.52. The molecule has 0 fully saturated rings. The fourth-order valence-electron chi connectivity index (χ4n) is 1.75. The fraction of sp³-hybridized carbons (Fsp3) is 0.500. The molecule has 4 nitrogen and oxygen atoms in total. The van der Waals surface area contributed by atoms with E-state index in [1.54, 1.807) is 0 Å². The van der Waals surface area contributed by atoms with Crippen LogP contribution in [-0.4, -0.2) is 22.2 Å². The van der Waals surface area contributed by atoms with Crippen molar-refractivity contribution >= 4 is 5.97 Å². The van der Waals surface area contributed by atoms with Gasteiger partial charge in [0.2, 0.25) is 0 Å². The lowest BCUT2D eigenvalue weighted by atomic mass is 10.0. The van der Waals surface area contributed by atoms with Gasteiger partial charge in [-0.25, -0.2) is 0 Å². The molecule has 0 bridgehead atoms. The van der Waals surface area contributed by atoms with Gasteiger partial charge in [-0.1, -0.05) is 38.1 Å². The Balaban J connectivity index is 2.52. The summed E-state index contributed by atoms with van der Waals surface area (Å²) in [6.07, 6.45) is 0.615. The van der Waals surface area contributed by atoms with Gasteiger partial charge in [0.05, 0.1) is 6.61 Å². The molecule has 0 saturated carbocycles. The number of carboxylic acid groups (broad SMARTS) is 1. The van der Waals surface area contributed by atoms with Gasteiger partial charge in [-0.05, 0) is 23.5 Å². The normalized spacial score (nSPS) is 12.7. The molecule has 0 aliphatic rings. The highest BCUT2D eigenvalue weighted by Crippen LogP contribution is 2.08. The molecule has 100 valence electrons. The average Bonchev–Trinajstić information content (AvgIpc) is 2.34. The quantitative estimate of drug-likeness (QED) is 0.690. The van der Waals surface area contributed by atoms with Gasteiger partial charge in [0.15, 0.2) is 0 Å². The van der Waals surface area contributed by atoms with Crippen LogP contribution in [0.15, 0.2) is 24.3 Å². The Labute approximate surface area is 108 Å². The first kappa shape index (κ1) is 14.7.